The third kappa shape index (κ3) is 13.7. The van der Waals surface area contributed by atoms with Gasteiger partial charge in [-0.1, -0.05) is 81.8 Å². The van der Waals surface area contributed by atoms with Gasteiger partial charge in [0.2, 0.25) is 5.91 Å². The van der Waals surface area contributed by atoms with Crippen molar-refractivity contribution < 1.29 is 19.5 Å². The Labute approximate surface area is 274 Å². The summed E-state index contributed by atoms with van der Waals surface area (Å²) in [4.78, 5) is 36.5. The molecule has 9 heteroatoms. The van der Waals surface area contributed by atoms with Crippen LogP contribution in [0.1, 0.15) is 68.8 Å². The van der Waals surface area contributed by atoms with Gasteiger partial charge >= 0.3 is 0 Å². The fraction of sp³-hybridized carbons (Fsp3) is 0.472. The molecule has 45 heavy (non-hydrogen) atoms. The van der Waals surface area contributed by atoms with Gasteiger partial charge < -0.3 is 30.8 Å². The number of halogens is 1. The highest BCUT2D eigenvalue weighted by atomic mass is 35.5. The summed E-state index contributed by atoms with van der Waals surface area (Å²) in [5.41, 5.74) is 1.88. The van der Waals surface area contributed by atoms with E-state index in [-0.39, 0.29) is 23.9 Å². The average Bonchev–Trinajstić information content (AvgIpc) is 3.20. The number of fused-ring (bicyclic) bond motifs is 1. The lowest BCUT2D eigenvalue weighted by Gasteiger charge is -2.28. The van der Waals surface area contributed by atoms with E-state index in [0.29, 0.717) is 42.6 Å². The summed E-state index contributed by atoms with van der Waals surface area (Å²) in [5.74, 6) is 1.16. The minimum Gasteiger partial charge on any atom is -0.400 e. The van der Waals surface area contributed by atoms with Gasteiger partial charge in [-0.05, 0) is 79.4 Å². The van der Waals surface area contributed by atoms with Crippen molar-refractivity contribution in [3.8, 4) is 0 Å². The molecular formula is C36H53ClN4O4. The minimum atomic E-state index is -0.282. The van der Waals surface area contributed by atoms with E-state index in [2.05, 4.69) is 67.9 Å². The normalized spacial score (nSPS) is 16.6. The fourth-order valence-electron chi connectivity index (χ4n) is 5.06. The number of carbonyl (C=O) groups excluding carboxylic acids is 3. The van der Waals surface area contributed by atoms with E-state index in [4.69, 9.17) is 21.5 Å². The second-order valence-electron chi connectivity index (χ2n) is 11.5. The molecule has 0 aromatic heterocycles. The lowest BCUT2D eigenvalue weighted by molar-refractivity contribution is -0.133. The van der Waals surface area contributed by atoms with Crippen molar-refractivity contribution in [2.24, 2.45) is 5.92 Å². The lowest BCUT2D eigenvalue weighted by atomic mass is 9.95. The molecule has 0 bridgehead atoms. The van der Waals surface area contributed by atoms with Gasteiger partial charge in [0, 0.05) is 49.3 Å². The predicted octanol–water partition coefficient (Wildman–Crippen LogP) is 5.67. The maximum absolute atomic E-state index is 13.5. The Bertz CT molecular complexity index is 1270. The molecule has 1 aliphatic heterocycles. The van der Waals surface area contributed by atoms with Crippen molar-refractivity contribution in [3.05, 3.63) is 82.9 Å². The highest BCUT2D eigenvalue weighted by molar-refractivity contribution is 6.31. The van der Waals surface area contributed by atoms with Crippen LogP contribution in [0, 0.1) is 5.92 Å². The number of aliphatic hydroxyl groups is 1. The highest BCUT2D eigenvalue weighted by Crippen LogP contribution is 2.23. The molecule has 3 atom stereocenters. The SMILES string of the molecule is C=O.CC(C)C.CCC(CN1CCC(CNC(=O)c2ccc3cc(Cl)ccc3c2)NC(CCNC)C1=O)c1ccccc1.CO. The molecule has 0 radical (unpaired) electrons. The van der Waals surface area contributed by atoms with Gasteiger partial charge in [-0.25, -0.2) is 0 Å². The third-order valence-electron chi connectivity index (χ3n) is 7.26. The second kappa shape index (κ2) is 22.2. The lowest BCUT2D eigenvalue weighted by Crippen LogP contribution is -2.50. The zero-order chi connectivity index (χ0) is 33.8. The number of amides is 2. The fourth-order valence-corrected chi connectivity index (χ4v) is 5.24. The van der Waals surface area contributed by atoms with E-state index in [1.54, 1.807) is 0 Å². The van der Waals surface area contributed by atoms with Gasteiger partial charge in [-0.2, -0.15) is 0 Å². The summed E-state index contributed by atoms with van der Waals surface area (Å²) in [6.07, 6.45) is 2.45. The van der Waals surface area contributed by atoms with Crippen LogP contribution in [0.25, 0.3) is 10.8 Å². The minimum absolute atomic E-state index is 0.0100. The van der Waals surface area contributed by atoms with E-state index >= 15 is 0 Å². The Hall–Kier alpha value is -3.30. The second-order valence-corrected chi connectivity index (χ2v) is 12.0. The van der Waals surface area contributed by atoms with Crippen LogP contribution < -0.4 is 16.0 Å². The largest absolute Gasteiger partial charge is 0.400 e. The van der Waals surface area contributed by atoms with Crippen LogP contribution in [0.15, 0.2) is 66.7 Å². The average molecular weight is 641 g/mol. The molecule has 1 saturated heterocycles. The van der Waals surface area contributed by atoms with Gasteiger partial charge in [-0.15, -0.1) is 0 Å². The summed E-state index contributed by atoms with van der Waals surface area (Å²) in [5, 5.41) is 19.4. The Balaban J connectivity index is 0.00000115. The van der Waals surface area contributed by atoms with Crippen LogP contribution >= 0.6 is 11.6 Å². The van der Waals surface area contributed by atoms with Crippen LogP contribution in [-0.2, 0) is 9.59 Å². The Morgan fingerprint density at radius 1 is 1.04 bits per heavy atom. The van der Waals surface area contributed by atoms with Gasteiger partial charge in [-0.3, -0.25) is 9.59 Å². The molecule has 4 N–H and O–H groups in total. The number of aliphatic hydroxyl groups excluding tert-OH is 1. The number of benzene rings is 3. The highest BCUT2D eigenvalue weighted by Gasteiger charge is 2.31. The van der Waals surface area contributed by atoms with E-state index in [9.17, 15) is 9.59 Å². The first kappa shape index (κ1) is 39.7. The zero-order valence-corrected chi connectivity index (χ0v) is 28.6. The number of hydrogen-bond acceptors (Lipinski definition) is 6. The number of nitrogens with zero attached hydrogens (tertiary/aromatic N) is 1. The number of carbonyl (C=O) groups is 3. The smallest absolute Gasteiger partial charge is 0.251 e. The first-order valence-electron chi connectivity index (χ1n) is 15.7. The molecule has 0 saturated carbocycles. The number of nitrogens with one attached hydrogen (secondary N) is 3. The molecule has 1 fully saturated rings. The van der Waals surface area contributed by atoms with Crippen molar-refractivity contribution in [1.29, 1.82) is 0 Å². The molecular weight excluding hydrogens is 588 g/mol. The summed E-state index contributed by atoms with van der Waals surface area (Å²) >= 11 is 6.08. The quantitative estimate of drug-likeness (QED) is 0.227. The van der Waals surface area contributed by atoms with Crippen LogP contribution in [0.3, 0.4) is 0 Å². The van der Waals surface area contributed by atoms with E-state index < -0.39 is 0 Å². The van der Waals surface area contributed by atoms with Crippen LogP contribution in [0.5, 0.6) is 0 Å². The molecule has 0 aliphatic carbocycles. The van der Waals surface area contributed by atoms with Crippen molar-refractivity contribution in [2.75, 3.05) is 40.3 Å². The number of rotatable bonds is 10. The zero-order valence-electron chi connectivity index (χ0n) is 27.8. The van der Waals surface area contributed by atoms with Crippen LogP contribution in [0.2, 0.25) is 5.02 Å². The van der Waals surface area contributed by atoms with Gasteiger partial charge in [0.05, 0.1) is 6.04 Å². The molecule has 4 rings (SSSR count). The molecule has 1 heterocycles. The molecule has 3 aromatic rings. The molecule has 2 amide bonds. The summed E-state index contributed by atoms with van der Waals surface area (Å²) in [7, 11) is 2.90. The van der Waals surface area contributed by atoms with Gasteiger partial charge in [0.25, 0.3) is 5.91 Å². The van der Waals surface area contributed by atoms with Crippen molar-refractivity contribution >= 4 is 41.0 Å². The Kier molecular flexibility index (Phi) is 19.6. The number of hydrogen-bond donors (Lipinski definition) is 4. The Morgan fingerprint density at radius 2 is 1.67 bits per heavy atom. The maximum Gasteiger partial charge on any atom is 0.251 e. The molecule has 8 nitrogen and oxygen atoms in total. The van der Waals surface area contributed by atoms with Crippen molar-refractivity contribution in [2.45, 2.75) is 65.0 Å². The maximum atomic E-state index is 13.5. The summed E-state index contributed by atoms with van der Waals surface area (Å²) < 4.78 is 0. The first-order chi connectivity index (χ1) is 21.7. The van der Waals surface area contributed by atoms with E-state index in [0.717, 1.165) is 43.2 Å². The van der Waals surface area contributed by atoms with Crippen LogP contribution in [-0.4, -0.2) is 81.0 Å². The van der Waals surface area contributed by atoms with E-state index in [1.165, 1.54) is 5.56 Å². The standard InChI is InChI=1S/C30H37ClN4O2.C4H10.CH4O.CH2O/c1-3-21(22-7-5-4-6-8-22)20-35-16-14-27(34-28(30(35)37)13-15-32-2)19-33-29(36)25-10-9-24-18-26(31)12-11-23(24)17-25;1-4(2)3;2*1-2/h4-12,17-18,21,27-28,32,34H,3,13-16,19-20H2,1-2H3,(H,33,36);4H,1-3H3;2H,1H3;1H2. The van der Waals surface area contributed by atoms with Crippen molar-refractivity contribution in [1.82, 2.24) is 20.9 Å². The van der Waals surface area contributed by atoms with Crippen molar-refractivity contribution in [3.63, 3.8) is 0 Å². The third-order valence-corrected chi connectivity index (χ3v) is 7.49. The van der Waals surface area contributed by atoms with Gasteiger partial charge in [0.15, 0.2) is 0 Å². The van der Waals surface area contributed by atoms with E-state index in [1.807, 2.05) is 61.2 Å². The van der Waals surface area contributed by atoms with Gasteiger partial charge in [0.1, 0.15) is 6.79 Å². The topological polar surface area (TPSA) is 111 Å². The first-order valence-corrected chi connectivity index (χ1v) is 16.0. The van der Waals surface area contributed by atoms with Crippen LogP contribution in [0.4, 0.5) is 0 Å². The Morgan fingerprint density at radius 3 is 2.29 bits per heavy atom. The molecule has 0 spiro atoms. The monoisotopic (exact) mass is 640 g/mol. The molecule has 3 aromatic carbocycles. The summed E-state index contributed by atoms with van der Waals surface area (Å²) in [6.45, 7) is 13.3. The summed E-state index contributed by atoms with van der Waals surface area (Å²) in [6, 6.07) is 21.4. The molecule has 3 unspecified atom stereocenters. The molecule has 248 valence electrons. The predicted molar refractivity (Wildman–Crippen MR) is 187 cm³/mol. The molecule has 1 aliphatic rings.